The molecule has 0 aliphatic heterocycles. The van der Waals surface area contributed by atoms with Crippen LogP contribution in [0.4, 0.5) is 0 Å². The third-order valence-electron chi connectivity index (χ3n) is 11.4. The fraction of sp³-hybridized carbons (Fsp3) is 0. The number of benzene rings is 9. The largest absolute Gasteiger partial charge is 0.456 e. The van der Waals surface area contributed by atoms with Crippen molar-refractivity contribution in [1.82, 2.24) is 19.5 Å². The highest BCUT2D eigenvalue weighted by Crippen LogP contribution is 2.43. The first-order valence-corrected chi connectivity index (χ1v) is 19.5. The Kier molecular flexibility index (Phi) is 7.16. The molecule has 0 radical (unpaired) electrons. The molecule has 0 aliphatic rings. The van der Waals surface area contributed by atoms with Crippen molar-refractivity contribution in [3.63, 3.8) is 0 Å². The zero-order valence-corrected chi connectivity index (χ0v) is 31.2. The average molecular weight is 741 g/mol. The van der Waals surface area contributed by atoms with Crippen molar-refractivity contribution in [1.29, 1.82) is 0 Å². The summed E-state index contributed by atoms with van der Waals surface area (Å²) in [5, 5.41) is 9.15. The fourth-order valence-corrected chi connectivity index (χ4v) is 8.68. The van der Waals surface area contributed by atoms with Crippen molar-refractivity contribution in [2.75, 3.05) is 0 Å². The van der Waals surface area contributed by atoms with E-state index in [2.05, 4.69) is 162 Å². The minimum Gasteiger partial charge on any atom is -0.456 e. The molecule has 0 unspecified atom stereocenters. The van der Waals surface area contributed by atoms with Crippen LogP contribution in [0.25, 0.3) is 116 Å². The van der Waals surface area contributed by atoms with Crippen molar-refractivity contribution < 1.29 is 4.42 Å². The Labute approximate surface area is 333 Å². The molecule has 270 valence electrons. The molecule has 0 N–H and O–H groups in total. The summed E-state index contributed by atoms with van der Waals surface area (Å²) < 4.78 is 9.04. The van der Waals surface area contributed by atoms with E-state index in [1.54, 1.807) is 0 Å². The van der Waals surface area contributed by atoms with Crippen molar-refractivity contribution >= 4 is 65.3 Å². The maximum atomic E-state index is 6.63. The van der Waals surface area contributed by atoms with Gasteiger partial charge in [0, 0.05) is 49.7 Å². The van der Waals surface area contributed by atoms with E-state index in [9.17, 15) is 0 Å². The summed E-state index contributed by atoms with van der Waals surface area (Å²) >= 11 is 0. The quantitative estimate of drug-likeness (QED) is 0.176. The number of aromatic nitrogens is 4. The van der Waals surface area contributed by atoms with Crippen LogP contribution in [-0.2, 0) is 0 Å². The van der Waals surface area contributed by atoms with E-state index in [1.165, 1.54) is 21.5 Å². The number of furan rings is 1. The van der Waals surface area contributed by atoms with Crippen molar-refractivity contribution in [2.45, 2.75) is 0 Å². The first-order chi connectivity index (χ1) is 28.7. The fourth-order valence-electron chi connectivity index (χ4n) is 8.68. The Hall–Kier alpha value is -7.89. The maximum Gasteiger partial charge on any atom is 0.164 e. The smallest absolute Gasteiger partial charge is 0.164 e. The number of nitrogens with zero attached hydrogens (tertiary/aromatic N) is 4. The topological polar surface area (TPSA) is 56.7 Å². The van der Waals surface area contributed by atoms with Crippen LogP contribution in [0.5, 0.6) is 0 Å². The molecule has 12 aromatic rings. The molecule has 0 saturated heterocycles. The van der Waals surface area contributed by atoms with Crippen molar-refractivity contribution in [2.24, 2.45) is 0 Å². The lowest BCUT2D eigenvalue weighted by atomic mass is 9.99. The summed E-state index contributed by atoms with van der Waals surface area (Å²) in [6.07, 6.45) is 0. The van der Waals surface area contributed by atoms with Gasteiger partial charge in [0.15, 0.2) is 17.5 Å². The van der Waals surface area contributed by atoms with Crippen LogP contribution in [0.15, 0.2) is 199 Å². The lowest BCUT2D eigenvalue weighted by Gasteiger charge is -2.15. The Balaban J connectivity index is 1.15. The van der Waals surface area contributed by atoms with Crippen molar-refractivity contribution in [3.8, 4) is 51.0 Å². The molecular weight excluding hydrogens is 709 g/mol. The molecule has 12 rings (SSSR count). The molecule has 3 heterocycles. The lowest BCUT2D eigenvalue weighted by Crippen LogP contribution is -2.01. The monoisotopic (exact) mass is 740 g/mol. The number of rotatable bonds is 5. The molecule has 58 heavy (non-hydrogen) atoms. The third kappa shape index (κ3) is 5.14. The zero-order chi connectivity index (χ0) is 38.2. The van der Waals surface area contributed by atoms with Crippen LogP contribution in [-0.4, -0.2) is 19.5 Å². The lowest BCUT2D eigenvalue weighted by molar-refractivity contribution is 0.669. The number of fused-ring (bicyclic) bond motifs is 9. The summed E-state index contributed by atoms with van der Waals surface area (Å²) in [5.41, 5.74) is 9.98. The molecule has 3 aromatic heterocycles. The Morgan fingerprint density at radius 1 is 0.328 bits per heavy atom. The molecule has 0 fully saturated rings. The summed E-state index contributed by atoms with van der Waals surface area (Å²) in [5.74, 6) is 1.84. The molecule has 0 amide bonds. The van der Waals surface area contributed by atoms with Crippen LogP contribution < -0.4 is 0 Å². The van der Waals surface area contributed by atoms with Crippen LogP contribution in [0.1, 0.15) is 0 Å². The molecular formula is C53H32N4O. The van der Waals surface area contributed by atoms with Crippen LogP contribution in [0, 0.1) is 0 Å². The van der Waals surface area contributed by atoms with E-state index >= 15 is 0 Å². The van der Waals surface area contributed by atoms with Gasteiger partial charge in [-0.2, -0.15) is 0 Å². The van der Waals surface area contributed by atoms with Crippen LogP contribution in [0.3, 0.4) is 0 Å². The highest BCUT2D eigenvalue weighted by atomic mass is 16.3. The average Bonchev–Trinajstić information content (AvgIpc) is 3.83. The molecule has 0 saturated carbocycles. The van der Waals surface area contributed by atoms with E-state index in [4.69, 9.17) is 19.4 Å². The predicted octanol–water partition coefficient (Wildman–Crippen LogP) is 13.8. The van der Waals surface area contributed by atoms with E-state index in [1.807, 2.05) is 36.4 Å². The van der Waals surface area contributed by atoms with E-state index < -0.39 is 0 Å². The summed E-state index contributed by atoms with van der Waals surface area (Å²) in [7, 11) is 0. The van der Waals surface area contributed by atoms with Gasteiger partial charge in [-0.1, -0.05) is 152 Å². The van der Waals surface area contributed by atoms with Gasteiger partial charge in [-0.3, -0.25) is 0 Å². The second-order valence-electron chi connectivity index (χ2n) is 14.8. The first-order valence-electron chi connectivity index (χ1n) is 19.5. The van der Waals surface area contributed by atoms with Crippen LogP contribution in [0.2, 0.25) is 0 Å². The van der Waals surface area contributed by atoms with Gasteiger partial charge in [0.05, 0.1) is 16.7 Å². The molecule has 5 heteroatoms. The highest BCUT2D eigenvalue weighted by molar-refractivity contribution is 6.22. The normalized spacial score (nSPS) is 11.8. The van der Waals surface area contributed by atoms with Gasteiger partial charge in [-0.25, -0.2) is 15.0 Å². The minimum absolute atomic E-state index is 0.604. The van der Waals surface area contributed by atoms with Gasteiger partial charge in [-0.15, -0.1) is 0 Å². The van der Waals surface area contributed by atoms with Gasteiger partial charge in [0.2, 0.25) is 0 Å². The van der Waals surface area contributed by atoms with Gasteiger partial charge in [0.25, 0.3) is 0 Å². The highest BCUT2D eigenvalue weighted by Gasteiger charge is 2.21. The SMILES string of the molecule is c1ccc(-c2cccc(-c3nc(-c4ccccc4)nc(-c4ccc5c(c4)c(-n4c6ccccc6c6cc7ccccc7cc64)cc4oc6ccccc6c45)n3)c2)cc1. The number of hydrogen-bond acceptors (Lipinski definition) is 4. The second-order valence-corrected chi connectivity index (χ2v) is 14.8. The van der Waals surface area contributed by atoms with Gasteiger partial charge >= 0.3 is 0 Å². The second kappa shape index (κ2) is 12.8. The Bertz CT molecular complexity index is 3570. The minimum atomic E-state index is 0.604. The molecule has 0 bridgehead atoms. The summed E-state index contributed by atoms with van der Waals surface area (Å²) in [6.45, 7) is 0. The molecule has 5 nitrogen and oxygen atoms in total. The number of para-hydroxylation sites is 2. The van der Waals surface area contributed by atoms with E-state index in [0.717, 1.165) is 77.2 Å². The van der Waals surface area contributed by atoms with Gasteiger partial charge < -0.3 is 8.98 Å². The standard InChI is InChI=1S/C53H32N4O/c1-3-14-33(15-4-1)35-20-13-21-38(28-35)52-54-51(34-16-5-2-6-17-34)55-53(56-52)39-26-27-41-44(30-39)47(32-49-50(41)42-23-10-12-25-48(42)58-49)57-45-24-11-9-22-40(45)43-29-36-18-7-8-19-37(36)31-46(43)57/h1-32H. The van der Waals surface area contributed by atoms with Gasteiger partial charge in [0.1, 0.15) is 11.2 Å². The Morgan fingerprint density at radius 2 is 0.931 bits per heavy atom. The van der Waals surface area contributed by atoms with Gasteiger partial charge in [-0.05, 0) is 63.7 Å². The first kappa shape index (κ1) is 32.4. The molecule has 0 spiro atoms. The van der Waals surface area contributed by atoms with Crippen molar-refractivity contribution in [3.05, 3.63) is 194 Å². The third-order valence-corrected chi connectivity index (χ3v) is 11.4. The predicted molar refractivity (Wildman–Crippen MR) is 238 cm³/mol. The van der Waals surface area contributed by atoms with E-state index in [0.29, 0.717) is 17.5 Å². The summed E-state index contributed by atoms with van der Waals surface area (Å²) in [4.78, 5) is 15.5. The molecule has 0 atom stereocenters. The maximum absolute atomic E-state index is 6.63. The van der Waals surface area contributed by atoms with Crippen LogP contribution >= 0.6 is 0 Å². The Morgan fingerprint density at radius 3 is 1.72 bits per heavy atom. The molecule has 9 aromatic carbocycles. The molecule has 0 aliphatic carbocycles. The van der Waals surface area contributed by atoms with E-state index in [-0.39, 0.29) is 0 Å². The zero-order valence-electron chi connectivity index (χ0n) is 31.2. The summed E-state index contributed by atoms with van der Waals surface area (Å²) in [6, 6.07) is 68.0. The number of hydrogen-bond donors (Lipinski definition) is 0.